The lowest BCUT2D eigenvalue weighted by molar-refractivity contribution is 0.340. The van der Waals surface area contributed by atoms with Gasteiger partial charge < -0.3 is 9.26 Å². The van der Waals surface area contributed by atoms with Gasteiger partial charge in [-0.1, -0.05) is 22.9 Å². The molecule has 0 N–H and O–H groups in total. The Hall–Kier alpha value is -2.99. The van der Waals surface area contributed by atoms with E-state index in [1.54, 1.807) is 11.3 Å². The van der Waals surface area contributed by atoms with E-state index in [1.807, 2.05) is 31.2 Å². The fourth-order valence-electron chi connectivity index (χ4n) is 2.97. The zero-order valence-electron chi connectivity index (χ0n) is 16.1. The number of hydrogen-bond donors (Lipinski definition) is 0. The highest BCUT2D eigenvalue weighted by molar-refractivity contribution is 7.10. The Morgan fingerprint density at radius 1 is 1.04 bits per heavy atom. The van der Waals surface area contributed by atoms with Crippen molar-refractivity contribution in [3.8, 4) is 28.4 Å². The summed E-state index contributed by atoms with van der Waals surface area (Å²) in [7, 11) is 0. The zero-order valence-corrected chi connectivity index (χ0v) is 16.9. The summed E-state index contributed by atoms with van der Waals surface area (Å²) in [5.74, 6) is 1.96. The minimum atomic E-state index is 0.527. The molecule has 0 bridgehead atoms. The highest BCUT2D eigenvalue weighted by Crippen LogP contribution is 2.27. The van der Waals surface area contributed by atoms with Gasteiger partial charge in [-0.15, -0.1) is 11.3 Å². The Morgan fingerprint density at radius 2 is 1.86 bits per heavy atom. The third-order valence-corrected chi connectivity index (χ3v) is 5.26. The van der Waals surface area contributed by atoms with Crippen LogP contribution in [0.15, 0.2) is 52.4 Å². The number of ether oxygens (including phenoxy) is 1. The van der Waals surface area contributed by atoms with Crippen LogP contribution in [0.3, 0.4) is 0 Å². The molecule has 0 aliphatic carbocycles. The summed E-state index contributed by atoms with van der Waals surface area (Å²) < 4.78 is 10.9. The second kappa shape index (κ2) is 7.94. The number of nitrogens with zero attached hydrogens (tertiary/aromatic N) is 3. The van der Waals surface area contributed by atoms with Crippen LogP contribution < -0.4 is 4.74 Å². The minimum absolute atomic E-state index is 0.527. The van der Waals surface area contributed by atoms with Crippen molar-refractivity contribution in [2.75, 3.05) is 6.61 Å². The number of aromatic nitrogens is 3. The van der Waals surface area contributed by atoms with E-state index in [1.165, 1.54) is 16.7 Å². The van der Waals surface area contributed by atoms with Gasteiger partial charge in [0.25, 0.3) is 0 Å². The highest BCUT2D eigenvalue weighted by Gasteiger charge is 2.13. The summed E-state index contributed by atoms with van der Waals surface area (Å²) in [6, 6.07) is 14.1. The second-order valence-corrected chi connectivity index (χ2v) is 7.53. The van der Waals surface area contributed by atoms with E-state index in [0.717, 1.165) is 22.0 Å². The first kappa shape index (κ1) is 18.4. The quantitative estimate of drug-likeness (QED) is 0.436. The topological polar surface area (TPSA) is 61.0 Å². The summed E-state index contributed by atoms with van der Waals surface area (Å²) in [5, 5.41) is 7.14. The minimum Gasteiger partial charge on any atom is -0.494 e. The van der Waals surface area contributed by atoms with E-state index in [0.29, 0.717) is 24.7 Å². The molecule has 0 saturated heterocycles. The first-order valence-corrected chi connectivity index (χ1v) is 10.1. The molecule has 0 aliphatic rings. The van der Waals surface area contributed by atoms with Crippen LogP contribution in [0.1, 0.15) is 28.9 Å². The molecule has 5 nitrogen and oxygen atoms in total. The van der Waals surface area contributed by atoms with Crippen molar-refractivity contribution in [2.45, 2.75) is 27.2 Å². The van der Waals surface area contributed by atoms with Crippen LogP contribution in [-0.4, -0.2) is 21.7 Å². The van der Waals surface area contributed by atoms with E-state index in [2.05, 4.69) is 47.6 Å². The number of rotatable bonds is 6. The van der Waals surface area contributed by atoms with Crippen LogP contribution in [0.5, 0.6) is 5.75 Å². The van der Waals surface area contributed by atoms with E-state index >= 15 is 0 Å². The first-order valence-electron chi connectivity index (χ1n) is 9.20. The Kier molecular flexibility index (Phi) is 5.21. The molecule has 0 unspecified atom stereocenters. The molecule has 0 aliphatic heterocycles. The predicted molar refractivity (Wildman–Crippen MR) is 111 cm³/mol. The SMILES string of the molecule is CCOc1ccc(-c2noc(Cc3nc(-c4cc(C)ccc4C)cs3)n2)cc1. The molecule has 2 aromatic heterocycles. The van der Waals surface area contributed by atoms with Crippen molar-refractivity contribution in [3.05, 3.63) is 69.9 Å². The zero-order chi connectivity index (χ0) is 19.5. The van der Waals surface area contributed by atoms with Crippen molar-refractivity contribution in [1.82, 2.24) is 15.1 Å². The average molecular weight is 391 g/mol. The lowest BCUT2D eigenvalue weighted by Crippen LogP contribution is -1.91. The van der Waals surface area contributed by atoms with Crippen molar-refractivity contribution < 1.29 is 9.26 Å². The van der Waals surface area contributed by atoms with Crippen LogP contribution >= 0.6 is 11.3 Å². The van der Waals surface area contributed by atoms with Crippen molar-refractivity contribution in [1.29, 1.82) is 0 Å². The molecule has 2 aromatic carbocycles. The largest absolute Gasteiger partial charge is 0.494 e. The number of hydrogen-bond acceptors (Lipinski definition) is 6. The summed E-state index contributed by atoms with van der Waals surface area (Å²) >= 11 is 1.61. The van der Waals surface area contributed by atoms with Gasteiger partial charge in [0.1, 0.15) is 10.8 Å². The summed E-state index contributed by atoms with van der Waals surface area (Å²) in [5.41, 5.74) is 5.51. The van der Waals surface area contributed by atoms with E-state index < -0.39 is 0 Å². The van der Waals surface area contributed by atoms with Gasteiger partial charge in [-0.2, -0.15) is 4.98 Å². The molecular weight excluding hydrogens is 370 g/mol. The Bertz CT molecular complexity index is 1080. The smallest absolute Gasteiger partial charge is 0.233 e. The Labute approximate surface area is 168 Å². The summed E-state index contributed by atoms with van der Waals surface area (Å²) in [6.45, 7) is 6.80. The molecule has 0 fully saturated rings. The average Bonchev–Trinajstić information content (AvgIpc) is 3.35. The molecule has 6 heteroatoms. The number of thiazole rings is 1. The van der Waals surface area contributed by atoms with Gasteiger partial charge in [0, 0.05) is 16.5 Å². The summed E-state index contributed by atoms with van der Waals surface area (Å²) in [4.78, 5) is 9.28. The lowest BCUT2D eigenvalue weighted by atomic mass is 10.0. The van der Waals surface area contributed by atoms with Crippen LogP contribution in [0.4, 0.5) is 0 Å². The molecule has 4 aromatic rings. The molecule has 28 heavy (non-hydrogen) atoms. The van der Waals surface area contributed by atoms with Gasteiger partial charge in [0.15, 0.2) is 0 Å². The maximum absolute atomic E-state index is 5.46. The van der Waals surface area contributed by atoms with Crippen molar-refractivity contribution in [2.24, 2.45) is 0 Å². The van der Waals surface area contributed by atoms with Gasteiger partial charge in [-0.3, -0.25) is 0 Å². The van der Waals surface area contributed by atoms with Gasteiger partial charge in [0.05, 0.1) is 18.7 Å². The third kappa shape index (κ3) is 3.97. The molecule has 0 atom stereocenters. The monoisotopic (exact) mass is 391 g/mol. The van der Waals surface area contributed by atoms with Crippen LogP contribution in [0.25, 0.3) is 22.6 Å². The fraction of sp³-hybridized carbons (Fsp3) is 0.227. The maximum Gasteiger partial charge on any atom is 0.233 e. The van der Waals surface area contributed by atoms with Crippen LogP contribution in [0, 0.1) is 13.8 Å². The van der Waals surface area contributed by atoms with E-state index in [9.17, 15) is 0 Å². The molecule has 0 radical (unpaired) electrons. The molecule has 0 amide bonds. The van der Waals surface area contributed by atoms with Gasteiger partial charge in [-0.05, 0) is 56.7 Å². The lowest BCUT2D eigenvalue weighted by Gasteiger charge is -2.03. The molecule has 4 rings (SSSR count). The standard InChI is InChI=1S/C22H21N3O2S/c1-4-26-17-9-7-16(8-10-17)22-24-20(27-25-22)12-21-23-19(13-28-21)18-11-14(2)5-6-15(18)3/h5-11,13H,4,12H2,1-3H3. The van der Waals surface area contributed by atoms with E-state index in [4.69, 9.17) is 14.2 Å². The second-order valence-electron chi connectivity index (χ2n) is 6.59. The first-order chi connectivity index (χ1) is 13.6. The summed E-state index contributed by atoms with van der Waals surface area (Å²) in [6.07, 6.45) is 0.527. The number of benzene rings is 2. The Morgan fingerprint density at radius 3 is 2.64 bits per heavy atom. The molecule has 0 saturated carbocycles. The predicted octanol–water partition coefficient (Wildman–Crippen LogP) is 5.47. The van der Waals surface area contributed by atoms with Gasteiger partial charge in [-0.25, -0.2) is 4.98 Å². The van der Waals surface area contributed by atoms with E-state index in [-0.39, 0.29) is 0 Å². The highest BCUT2D eigenvalue weighted by atomic mass is 32.1. The van der Waals surface area contributed by atoms with Crippen LogP contribution in [-0.2, 0) is 6.42 Å². The molecular formula is C22H21N3O2S. The fourth-order valence-corrected chi connectivity index (χ4v) is 3.75. The maximum atomic E-state index is 5.46. The van der Waals surface area contributed by atoms with Gasteiger partial charge >= 0.3 is 0 Å². The van der Waals surface area contributed by atoms with Crippen molar-refractivity contribution in [3.63, 3.8) is 0 Å². The third-order valence-electron chi connectivity index (χ3n) is 4.41. The molecule has 2 heterocycles. The van der Waals surface area contributed by atoms with Crippen molar-refractivity contribution >= 4 is 11.3 Å². The van der Waals surface area contributed by atoms with Gasteiger partial charge in [0.2, 0.25) is 11.7 Å². The molecule has 142 valence electrons. The Balaban J connectivity index is 1.50. The van der Waals surface area contributed by atoms with Crippen LogP contribution in [0.2, 0.25) is 0 Å². The molecule has 0 spiro atoms. The normalized spacial score (nSPS) is 11.0. The number of aryl methyl sites for hydroxylation is 2.